The van der Waals surface area contributed by atoms with Gasteiger partial charge in [0.2, 0.25) is 5.91 Å². The van der Waals surface area contributed by atoms with E-state index in [9.17, 15) is 4.79 Å². The second-order valence-corrected chi connectivity index (χ2v) is 6.30. The average molecular weight is 388 g/mol. The molecule has 5 nitrogen and oxygen atoms in total. The lowest BCUT2D eigenvalue weighted by Crippen LogP contribution is -2.23. The van der Waals surface area contributed by atoms with Crippen molar-refractivity contribution >= 4 is 32.9 Å². The largest absolute Gasteiger partial charge is 0.494 e. The van der Waals surface area contributed by atoms with Crippen LogP contribution in [0.3, 0.4) is 0 Å². The molecule has 0 spiro atoms. The molecule has 2 aromatic carbocycles. The molecule has 0 unspecified atom stereocenters. The predicted molar refractivity (Wildman–Crippen MR) is 96.8 cm³/mol. The number of aromatic amines is 1. The number of hydrogen-bond acceptors (Lipinski definition) is 3. The van der Waals surface area contributed by atoms with Gasteiger partial charge < -0.3 is 15.0 Å². The molecule has 6 heteroatoms. The van der Waals surface area contributed by atoms with Crippen LogP contribution in [0, 0.1) is 0 Å². The molecule has 3 aromatic rings. The van der Waals surface area contributed by atoms with E-state index in [0.29, 0.717) is 26.0 Å². The van der Waals surface area contributed by atoms with Gasteiger partial charge in [-0.05, 0) is 36.8 Å². The van der Waals surface area contributed by atoms with Crippen molar-refractivity contribution in [2.45, 2.75) is 19.4 Å². The Bertz CT molecular complexity index is 799. The zero-order valence-corrected chi connectivity index (χ0v) is 14.7. The number of para-hydroxylation sites is 2. The molecule has 0 saturated heterocycles. The first-order valence-electron chi connectivity index (χ1n) is 7.79. The third-order valence-corrected chi connectivity index (χ3v) is 4.00. The van der Waals surface area contributed by atoms with Crippen molar-refractivity contribution in [1.29, 1.82) is 0 Å². The minimum Gasteiger partial charge on any atom is -0.494 e. The predicted octanol–water partition coefficient (Wildman–Crippen LogP) is 3.80. The van der Waals surface area contributed by atoms with Crippen LogP contribution in [-0.2, 0) is 11.3 Å². The first-order chi connectivity index (χ1) is 11.7. The molecule has 1 aromatic heterocycles. The van der Waals surface area contributed by atoms with Gasteiger partial charge in [-0.25, -0.2) is 4.98 Å². The zero-order chi connectivity index (χ0) is 16.8. The summed E-state index contributed by atoms with van der Waals surface area (Å²) in [6.07, 6.45) is 1.09. The van der Waals surface area contributed by atoms with Gasteiger partial charge in [0.25, 0.3) is 0 Å². The number of ether oxygens (including phenoxy) is 1. The molecular weight excluding hydrogens is 370 g/mol. The Balaban J connectivity index is 1.38. The summed E-state index contributed by atoms with van der Waals surface area (Å²) in [7, 11) is 0. The van der Waals surface area contributed by atoms with Crippen LogP contribution in [0.2, 0.25) is 0 Å². The van der Waals surface area contributed by atoms with Crippen LogP contribution in [0.1, 0.15) is 18.7 Å². The molecule has 124 valence electrons. The maximum absolute atomic E-state index is 11.9. The Labute approximate surface area is 148 Å². The highest BCUT2D eigenvalue weighted by Crippen LogP contribution is 2.17. The van der Waals surface area contributed by atoms with Gasteiger partial charge in [-0.3, -0.25) is 4.79 Å². The van der Waals surface area contributed by atoms with E-state index < -0.39 is 0 Å². The molecule has 0 aliphatic carbocycles. The zero-order valence-electron chi connectivity index (χ0n) is 13.1. The summed E-state index contributed by atoms with van der Waals surface area (Å²) < 4.78 is 6.59. The van der Waals surface area contributed by atoms with Crippen LogP contribution < -0.4 is 10.1 Å². The molecule has 0 fully saturated rings. The number of halogens is 1. The van der Waals surface area contributed by atoms with E-state index in [0.717, 1.165) is 27.1 Å². The molecule has 0 atom stereocenters. The fraction of sp³-hybridized carbons (Fsp3) is 0.222. The molecule has 0 radical (unpaired) electrons. The van der Waals surface area contributed by atoms with Crippen LogP contribution in [0.25, 0.3) is 11.0 Å². The summed E-state index contributed by atoms with van der Waals surface area (Å²) >= 11 is 3.40. The van der Waals surface area contributed by atoms with Crippen molar-refractivity contribution < 1.29 is 9.53 Å². The standard InChI is InChI=1S/C18H18BrN3O2/c19-13-5-3-6-14(11-13)24-10-4-9-18(23)20-12-17-21-15-7-1-2-8-16(15)22-17/h1-3,5-8,11H,4,9-10,12H2,(H,20,23)(H,21,22). The van der Waals surface area contributed by atoms with Gasteiger partial charge in [0.1, 0.15) is 11.6 Å². The third kappa shape index (κ3) is 4.58. The molecule has 2 N–H and O–H groups in total. The molecule has 0 aliphatic heterocycles. The van der Waals surface area contributed by atoms with Crippen LogP contribution in [-0.4, -0.2) is 22.5 Å². The first kappa shape index (κ1) is 16.5. The van der Waals surface area contributed by atoms with E-state index >= 15 is 0 Å². The second-order valence-electron chi connectivity index (χ2n) is 5.39. The summed E-state index contributed by atoms with van der Waals surface area (Å²) in [5.41, 5.74) is 1.88. The monoisotopic (exact) mass is 387 g/mol. The van der Waals surface area contributed by atoms with E-state index in [4.69, 9.17) is 4.74 Å². The lowest BCUT2D eigenvalue weighted by Gasteiger charge is -2.06. The lowest BCUT2D eigenvalue weighted by molar-refractivity contribution is -0.121. The van der Waals surface area contributed by atoms with Crippen LogP contribution in [0.4, 0.5) is 0 Å². The van der Waals surface area contributed by atoms with Gasteiger partial charge >= 0.3 is 0 Å². The van der Waals surface area contributed by atoms with E-state index in [2.05, 4.69) is 31.2 Å². The summed E-state index contributed by atoms with van der Waals surface area (Å²) in [5, 5.41) is 2.87. The molecule has 1 amide bonds. The highest BCUT2D eigenvalue weighted by atomic mass is 79.9. The number of amides is 1. The Morgan fingerprint density at radius 1 is 1.21 bits per heavy atom. The van der Waals surface area contributed by atoms with Gasteiger partial charge in [-0.1, -0.05) is 34.1 Å². The van der Waals surface area contributed by atoms with Gasteiger partial charge in [0.05, 0.1) is 24.2 Å². The quantitative estimate of drug-likeness (QED) is 0.605. The number of aromatic nitrogens is 2. The maximum atomic E-state index is 11.9. The summed E-state index contributed by atoms with van der Waals surface area (Å²) in [6.45, 7) is 0.911. The summed E-state index contributed by atoms with van der Waals surface area (Å²) in [5.74, 6) is 1.55. The number of imidazole rings is 1. The first-order valence-corrected chi connectivity index (χ1v) is 8.59. The number of carbonyl (C=O) groups is 1. The molecule has 24 heavy (non-hydrogen) atoms. The second kappa shape index (κ2) is 7.97. The van der Waals surface area contributed by atoms with E-state index in [1.54, 1.807) is 0 Å². The number of benzene rings is 2. The Morgan fingerprint density at radius 2 is 2.08 bits per heavy atom. The van der Waals surface area contributed by atoms with Gasteiger partial charge in [0.15, 0.2) is 0 Å². The normalized spacial score (nSPS) is 10.7. The molecule has 0 bridgehead atoms. The van der Waals surface area contributed by atoms with Gasteiger partial charge in [-0.15, -0.1) is 0 Å². The number of nitrogens with one attached hydrogen (secondary N) is 2. The van der Waals surface area contributed by atoms with Crippen LogP contribution in [0.15, 0.2) is 53.0 Å². The van der Waals surface area contributed by atoms with Crippen molar-refractivity contribution in [2.24, 2.45) is 0 Å². The summed E-state index contributed by atoms with van der Waals surface area (Å²) in [4.78, 5) is 19.5. The highest BCUT2D eigenvalue weighted by Gasteiger charge is 2.05. The number of fused-ring (bicyclic) bond motifs is 1. The molecular formula is C18H18BrN3O2. The minimum atomic E-state index is -0.00621. The van der Waals surface area contributed by atoms with Crippen LogP contribution in [0.5, 0.6) is 5.75 Å². The highest BCUT2D eigenvalue weighted by molar-refractivity contribution is 9.10. The number of rotatable bonds is 7. The fourth-order valence-corrected chi connectivity index (χ4v) is 2.72. The van der Waals surface area contributed by atoms with Gasteiger partial charge in [0, 0.05) is 10.9 Å². The van der Waals surface area contributed by atoms with Crippen molar-refractivity contribution in [3.05, 3.63) is 58.8 Å². The van der Waals surface area contributed by atoms with E-state index in [1.165, 1.54) is 0 Å². The Hall–Kier alpha value is -2.34. The van der Waals surface area contributed by atoms with Crippen molar-refractivity contribution in [3.8, 4) is 5.75 Å². The molecule has 1 heterocycles. The maximum Gasteiger partial charge on any atom is 0.220 e. The lowest BCUT2D eigenvalue weighted by atomic mass is 10.3. The topological polar surface area (TPSA) is 67.0 Å². The number of carbonyl (C=O) groups excluding carboxylic acids is 1. The number of hydrogen-bond donors (Lipinski definition) is 2. The SMILES string of the molecule is O=C(CCCOc1cccc(Br)c1)NCc1nc2ccccc2[nH]1. The number of nitrogens with zero attached hydrogens (tertiary/aromatic N) is 1. The Kier molecular flexibility index (Phi) is 5.48. The van der Waals surface area contributed by atoms with E-state index in [1.807, 2.05) is 48.5 Å². The van der Waals surface area contributed by atoms with Crippen molar-refractivity contribution in [2.75, 3.05) is 6.61 Å². The van der Waals surface area contributed by atoms with E-state index in [-0.39, 0.29) is 5.91 Å². The minimum absolute atomic E-state index is 0.00621. The number of H-pyrrole nitrogens is 1. The van der Waals surface area contributed by atoms with Crippen molar-refractivity contribution in [3.63, 3.8) is 0 Å². The fourth-order valence-electron chi connectivity index (χ4n) is 2.34. The van der Waals surface area contributed by atoms with Gasteiger partial charge in [-0.2, -0.15) is 0 Å². The Morgan fingerprint density at radius 3 is 2.92 bits per heavy atom. The molecule has 0 saturated carbocycles. The molecule has 0 aliphatic rings. The molecule has 3 rings (SSSR count). The van der Waals surface area contributed by atoms with Crippen LogP contribution >= 0.6 is 15.9 Å². The van der Waals surface area contributed by atoms with Crippen molar-refractivity contribution in [1.82, 2.24) is 15.3 Å². The third-order valence-electron chi connectivity index (χ3n) is 3.50. The average Bonchev–Trinajstić information content (AvgIpc) is 3.00. The summed E-state index contributed by atoms with van der Waals surface area (Å²) in [6, 6.07) is 15.5. The smallest absolute Gasteiger partial charge is 0.220 e.